The number of rotatable bonds is 5. The maximum Gasteiger partial charge on any atom is 0.355 e. The van der Waals surface area contributed by atoms with Gasteiger partial charge in [0, 0.05) is 17.3 Å². The summed E-state index contributed by atoms with van der Waals surface area (Å²) >= 11 is 0. The molecule has 0 amide bonds. The molecule has 162 valence electrons. The molecule has 0 radical (unpaired) electrons. The van der Waals surface area contributed by atoms with E-state index in [2.05, 4.69) is 6.07 Å². The lowest BCUT2D eigenvalue weighted by Gasteiger charge is -2.45. The number of esters is 2. The number of benzene rings is 2. The van der Waals surface area contributed by atoms with Crippen LogP contribution in [0.25, 0.3) is 6.08 Å². The van der Waals surface area contributed by atoms with Crippen molar-refractivity contribution in [2.24, 2.45) is 0 Å². The fourth-order valence-corrected chi connectivity index (χ4v) is 3.99. The lowest BCUT2D eigenvalue weighted by Crippen LogP contribution is -2.49. The number of carbonyl (C=O) groups is 2. The zero-order chi connectivity index (χ0) is 22.7. The Labute approximate surface area is 186 Å². The highest BCUT2D eigenvalue weighted by Crippen LogP contribution is 2.49. The summed E-state index contributed by atoms with van der Waals surface area (Å²) < 4.78 is 17.0. The molecule has 0 aliphatic carbocycles. The average Bonchev–Trinajstić information content (AvgIpc) is 2.83. The third-order valence-electron chi connectivity index (χ3n) is 5.35. The van der Waals surface area contributed by atoms with Crippen LogP contribution in [-0.2, 0) is 29.4 Å². The fraction of sp³-hybridized carbons (Fsp3) is 0.240. The first-order valence-electron chi connectivity index (χ1n) is 10.4. The van der Waals surface area contributed by atoms with Crippen molar-refractivity contribution in [1.29, 1.82) is 5.26 Å². The molecule has 0 saturated carbocycles. The quantitative estimate of drug-likeness (QED) is 0.667. The van der Waals surface area contributed by atoms with E-state index in [1.165, 1.54) is 4.90 Å². The van der Waals surface area contributed by atoms with Crippen molar-refractivity contribution in [2.45, 2.75) is 25.7 Å². The molecule has 32 heavy (non-hydrogen) atoms. The van der Waals surface area contributed by atoms with Crippen molar-refractivity contribution in [1.82, 2.24) is 4.90 Å². The summed E-state index contributed by atoms with van der Waals surface area (Å²) in [7, 11) is 0. The third kappa shape index (κ3) is 3.35. The van der Waals surface area contributed by atoms with Gasteiger partial charge in [-0.3, -0.25) is 0 Å². The molecule has 2 aromatic carbocycles. The first-order valence-corrected chi connectivity index (χ1v) is 10.4. The van der Waals surface area contributed by atoms with Gasteiger partial charge in [0.2, 0.25) is 5.60 Å². The van der Waals surface area contributed by atoms with Crippen molar-refractivity contribution in [3.8, 4) is 6.07 Å². The minimum atomic E-state index is -1.88. The van der Waals surface area contributed by atoms with Crippen molar-refractivity contribution < 1.29 is 23.8 Å². The second-order valence-electron chi connectivity index (χ2n) is 7.15. The van der Waals surface area contributed by atoms with Crippen molar-refractivity contribution in [3.63, 3.8) is 0 Å². The Bertz CT molecular complexity index is 1150. The van der Waals surface area contributed by atoms with Gasteiger partial charge in [-0.05, 0) is 25.5 Å². The summed E-state index contributed by atoms with van der Waals surface area (Å²) in [5.41, 5.74) is -0.0926. The molecule has 0 bridgehead atoms. The fourth-order valence-electron chi connectivity index (χ4n) is 3.99. The zero-order valence-corrected chi connectivity index (χ0v) is 17.8. The minimum absolute atomic E-state index is 0.0663. The number of fused-ring (bicyclic) bond motifs is 3. The molecule has 0 saturated heterocycles. The molecular formula is C25H22N2O5. The van der Waals surface area contributed by atoms with Gasteiger partial charge in [0.05, 0.1) is 13.2 Å². The Morgan fingerprint density at radius 1 is 1.03 bits per heavy atom. The molecule has 2 aromatic rings. The van der Waals surface area contributed by atoms with Gasteiger partial charge in [0.1, 0.15) is 17.3 Å². The van der Waals surface area contributed by atoms with Crippen LogP contribution >= 0.6 is 0 Å². The average molecular weight is 430 g/mol. The molecule has 2 atom stereocenters. The second-order valence-corrected chi connectivity index (χ2v) is 7.15. The predicted octanol–water partition coefficient (Wildman–Crippen LogP) is 3.80. The molecule has 7 heteroatoms. The van der Waals surface area contributed by atoms with E-state index in [0.717, 1.165) is 11.1 Å². The first kappa shape index (κ1) is 21.3. The van der Waals surface area contributed by atoms with Crippen LogP contribution in [0, 0.1) is 11.3 Å². The minimum Gasteiger partial charge on any atom is -0.462 e. The van der Waals surface area contributed by atoms with Gasteiger partial charge in [-0.1, -0.05) is 54.6 Å². The number of hydrogen-bond donors (Lipinski definition) is 0. The summed E-state index contributed by atoms with van der Waals surface area (Å²) in [4.78, 5) is 27.9. The number of nitriles is 1. The molecular weight excluding hydrogens is 408 g/mol. The highest BCUT2D eigenvalue weighted by molar-refractivity contribution is 6.03. The molecule has 4 rings (SSSR count). The summed E-state index contributed by atoms with van der Waals surface area (Å²) in [6.07, 6.45) is 2.65. The van der Waals surface area contributed by atoms with Gasteiger partial charge in [-0.15, -0.1) is 0 Å². The molecule has 0 fully saturated rings. The first-order chi connectivity index (χ1) is 15.6. The number of hydrogen-bond acceptors (Lipinski definition) is 7. The summed E-state index contributed by atoms with van der Waals surface area (Å²) in [5.74, 6) is -1.55. The molecule has 2 unspecified atom stereocenters. The Hall–Kier alpha value is -3.89. The molecule has 2 heterocycles. The SMILES string of the molecule is CCOC(=O)C1=C(C(=O)OCC)C(C#N)(c2ccccc2)OC2c3ccccc3C=CN12. The summed E-state index contributed by atoms with van der Waals surface area (Å²) in [5, 5.41) is 10.4. The van der Waals surface area contributed by atoms with Crippen molar-refractivity contribution >= 4 is 18.0 Å². The number of carbonyl (C=O) groups excluding carboxylic acids is 2. The maximum absolute atomic E-state index is 13.2. The highest BCUT2D eigenvalue weighted by Gasteiger charge is 2.54. The van der Waals surface area contributed by atoms with E-state index >= 15 is 0 Å². The monoisotopic (exact) mass is 430 g/mol. The molecule has 2 aliphatic heterocycles. The second kappa shape index (κ2) is 8.69. The van der Waals surface area contributed by atoms with Gasteiger partial charge in [-0.2, -0.15) is 5.26 Å². The smallest absolute Gasteiger partial charge is 0.355 e. The Kier molecular flexibility index (Phi) is 5.80. The van der Waals surface area contributed by atoms with Gasteiger partial charge in [-0.25, -0.2) is 9.59 Å². The van der Waals surface area contributed by atoms with Crippen LogP contribution in [0.3, 0.4) is 0 Å². The van der Waals surface area contributed by atoms with Gasteiger partial charge >= 0.3 is 11.9 Å². The van der Waals surface area contributed by atoms with Crippen molar-refractivity contribution in [2.75, 3.05) is 13.2 Å². The van der Waals surface area contributed by atoms with E-state index in [-0.39, 0.29) is 24.5 Å². The standard InChI is InChI=1S/C25H22N2O5/c1-3-30-23(28)20-21(24(29)31-4-2)27-15-14-17-10-8-9-13-19(17)22(27)32-25(20,16-26)18-11-6-5-7-12-18/h5-15,22H,3-4H2,1-2H3. The van der Waals surface area contributed by atoms with E-state index in [0.29, 0.717) is 5.56 Å². The highest BCUT2D eigenvalue weighted by atomic mass is 16.6. The molecule has 0 N–H and O–H groups in total. The van der Waals surface area contributed by atoms with E-state index in [1.54, 1.807) is 50.4 Å². The van der Waals surface area contributed by atoms with E-state index in [4.69, 9.17) is 14.2 Å². The van der Waals surface area contributed by atoms with Crippen LogP contribution < -0.4 is 0 Å². The summed E-state index contributed by atoms with van der Waals surface area (Å²) in [6.45, 7) is 3.50. The maximum atomic E-state index is 13.2. The van der Waals surface area contributed by atoms with E-state index in [1.807, 2.05) is 30.3 Å². The Balaban J connectivity index is 2.05. The topological polar surface area (TPSA) is 88.9 Å². The number of ether oxygens (including phenoxy) is 3. The molecule has 0 spiro atoms. The predicted molar refractivity (Wildman–Crippen MR) is 115 cm³/mol. The Morgan fingerprint density at radius 2 is 1.69 bits per heavy atom. The molecule has 2 aliphatic rings. The van der Waals surface area contributed by atoms with Gasteiger partial charge < -0.3 is 19.1 Å². The lowest BCUT2D eigenvalue weighted by molar-refractivity contribution is -0.161. The number of nitrogens with zero attached hydrogens (tertiary/aromatic N) is 2. The van der Waals surface area contributed by atoms with Crippen LogP contribution in [0.1, 0.15) is 36.8 Å². The largest absolute Gasteiger partial charge is 0.462 e. The summed E-state index contributed by atoms with van der Waals surface area (Å²) in [6, 6.07) is 18.3. The van der Waals surface area contributed by atoms with Crippen LogP contribution in [0.4, 0.5) is 0 Å². The zero-order valence-electron chi connectivity index (χ0n) is 17.8. The Morgan fingerprint density at radius 3 is 2.38 bits per heavy atom. The van der Waals surface area contributed by atoms with Crippen LogP contribution in [0.5, 0.6) is 0 Å². The van der Waals surface area contributed by atoms with Crippen LogP contribution in [0.2, 0.25) is 0 Å². The van der Waals surface area contributed by atoms with Gasteiger partial charge in [0.15, 0.2) is 6.23 Å². The molecule has 0 aromatic heterocycles. The van der Waals surface area contributed by atoms with Crippen LogP contribution in [-0.4, -0.2) is 30.1 Å². The van der Waals surface area contributed by atoms with E-state index < -0.39 is 23.8 Å². The molecule has 7 nitrogen and oxygen atoms in total. The van der Waals surface area contributed by atoms with Gasteiger partial charge in [0.25, 0.3) is 0 Å². The normalized spacial score (nSPS) is 21.3. The third-order valence-corrected chi connectivity index (χ3v) is 5.35. The van der Waals surface area contributed by atoms with Crippen LogP contribution in [0.15, 0.2) is 72.1 Å². The van der Waals surface area contributed by atoms with Crippen molar-refractivity contribution in [3.05, 3.63) is 88.8 Å². The lowest BCUT2D eigenvalue weighted by atomic mass is 9.82. The van der Waals surface area contributed by atoms with E-state index in [9.17, 15) is 14.9 Å².